The maximum Gasteiger partial charge on any atom is 0.227 e. The van der Waals surface area contributed by atoms with E-state index >= 15 is 0 Å². The molecular formula is C17H26N2O3. The molecule has 3 unspecified atom stereocenters. The molecule has 22 heavy (non-hydrogen) atoms. The van der Waals surface area contributed by atoms with Crippen molar-refractivity contribution in [2.75, 3.05) is 19.7 Å². The van der Waals surface area contributed by atoms with Crippen molar-refractivity contribution in [2.24, 2.45) is 11.7 Å². The van der Waals surface area contributed by atoms with Gasteiger partial charge in [0.2, 0.25) is 5.91 Å². The van der Waals surface area contributed by atoms with Gasteiger partial charge in [0.15, 0.2) is 17.6 Å². The summed E-state index contributed by atoms with van der Waals surface area (Å²) in [6, 6.07) is 7.45. The van der Waals surface area contributed by atoms with Gasteiger partial charge < -0.3 is 20.1 Å². The second kappa shape index (κ2) is 7.49. The van der Waals surface area contributed by atoms with Crippen molar-refractivity contribution in [3.63, 3.8) is 0 Å². The number of carbonyl (C=O) groups is 1. The molecule has 5 heteroatoms. The predicted molar refractivity (Wildman–Crippen MR) is 86.0 cm³/mol. The van der Waals surface area contributed by atoms with E-state index in [2.05, 4.69) is 6.92 Å². The number of benzene rings is 1. The van der Waals surface area contributed by atoms with Crippen LogP contribution < -0.4 is 15.2 Å². The molecule has 0 aromatic heterocycles. The molecule has 3 atom stereocenters. The minimum atomic E-state index is -0.191. The van der Waals surface area contributed by atoms with E-state index in [1.165, 1.54) is 0 Å². The SMILES string of the molecule is CCCN(CC1COc2ccccc2O1)C(=O)C(C)C(C)N. The predicted octanol–water partition coefficient (Wildman–Crippen LogP) is 2.05. The number of nitrogens with zero attached hydrogens (tertiary/aromatic N) is 1. The fraction of sp³-hybridized carbons (Fsp3) is 0.588. The molecule has 0 spiro atoms. The molecule has 1 aliphatic heterocycles. The molecular weight excluding hydrogens is 280 g/mol. The van der Waals surface area contributed by atoms with Gasteiger partial charge in [-0.15, -0.1) is 0 Å². The molecule has 0 bridgehead atoms. The number of hydrogen-bond acceptors (Lipinski definition) is 4. The largest absolute Gasteiger partial charge is 0.486 e. The lowest BCUT2D eigenvalue weighted by Crippen LogP contribution is -2.48. The van der Waals surface area contributed by atoms with Crippen LogP contribution in [0.3, 0.4) is 0 Å². The fourth-order valence-electron chi connectivity index (χ4n) is 2.47. The van der Waals surface area contributed by atoms with Crippen molar-refractivity contribution in [1.82, 2.24) is 4.90 Å². The highest BCUT2D eigenvalue weighted by Crippen LogP contribution is 2.31. The third-order valence-electron chi connectivity index (χ3n) is 3.97. The number of ether oxygens (including phenoxy) is 2. The quantitative estimate of drug-likeness (QED) is 0.873. The second-order valence-electron chi connectivity index (χ2n) is 5.93. The minimum Gasteiger partial charge on any atom is -0.486 e. The number of nitrogens with two attached hydrogens (primary N) is 1. The summed E-state index contributed by atoms with van der Waals surface area (Å²) in [4.78, 5) is 14.4. The number of carbonyl (C=O) groups excluding carboxylic acids is 1. The van der Waals surface area contributed by atoms with E-state index in [0.717, 1.165) is 17.9 Å². The zero-order valence-electron chi connectivity index (χ0n) is 13.6. The van der Waals surface area contributed by atoms with Crippen LogP contribution in [0.4, 0.5) is 0 Å². The molecule has 2 rings (SSSR count). The summed E-state index contributed by atoms with van der Waals surface area (Å²) >= 11 is 0. The maximum absolute atomic E-state index is 12.5. The first kappa shape index (κ1) is 16.6. The maximum atomic E-state index is 12.5. The standard InChI is InChI=1S/C17H26N2O3/c1-4-9-19(17(20)12(2)13(3)18)10-14-11-21-15-7-5-6-8-16(15)22-14/h5-8,12-14H,4,9-11,18H2,1-3H3. The van der Waals surface area contributed by atoms with Crippen LogP contribution in [0, 0.1) is 5.92 Å². The molecule has 5 nitrogen and oxygen atoms in total. The van der Waals surface area contributed by atoms with Gasteiger partial charge in [0.25, 0.3) is 0 Å². The number of fused-ring (bicyclic) bond motifs is 1. The zero-order chi connectivity index (χ0) is 16.1. The Kier molecular flexibility index (Phi) is 5.66. The van der Waals surface area contributed by atoms with E-state index in [1.807, 2.05) is 43.0 Å². The molecule has 0 fully saturated rings. The Bertz CT molecular complexity index is 504. The molecule has 0 aliphatic carbocycles. The summed E-state index contributed by atoms with van der Waals surface area (Å²) in [5.41, 5.74) is 5.86. The van der Waals surface area contributed by atoms with E-state index in [-0.39, 0.29) is 24.0 Å². The van der Waals surface area contributed by atoms with Crippen molar-refractivity contribution < 1.29 is 14.3 Å². The molecule has 1 aromatic carbocycles. The Morgan fingerprint density at radius 2 is 2.05 bits per heavy atom. The highest BCUT2D eigenvalue weighted by atomic mass is 16.6. The van der Waals surface area contributed by atoms with Gasteiger partial charge in [0.05, 0.1) is 12.5 Å². The van der Waals surface area contributed by atoms with Gasteiger partial charge in [-0.25, -0.2) is 0 Å². The molecule has 2 N–H and O–H groups in total. The number of amides is 1. The lowest BCUT2D eigenvalue weighted by molar-refractivity contribution is -0.137. The van der Waals surface area contributed by atoms with Crippen LogP contribution >= 0.6 is 0 Å². The first-order chi connectivity index (χ1) is 10.5. The Morgan fingerprint density at radius 3 is 2.68 bits per heavy atom. The smallest absolute Gasteiger partial charge is 0.227 e. The molecule has 1 aliphatic rings. The zero-order valence-corrected chi connectivity index (χ0v) is 13.6. The summed E-state index contributed by atoms with van der Waals surface area (Å²) in [5, 5.41) is 0. The van der Waals surface area contributed by atoms with Gasteiger partial charge in [-0.1, -0.05) is 26.0 Å². The van der Waals surface area contributed by atoms with Crippen molar-refractivity contribution >= 4 is 5.91 Å². The lowest BCUT2D eigenvalue weighted by atomic mass is 10.0. The Morgan fingerprint density at radius 1 is 1.36 bits per heavy atom. The monoisotopic (exact) mass is 306 g/mol. The fourth-order valence-corrected chi connectivity index (χ4v) is 2.47. The van der Waals surface area contributed by atoms with Crippen LogP contribution in [-0.4, -0.2) is 42.6 Å². The van der Waals surface area contributed by atoms with Crippen LogP contribution in [0.25, 0.3) is 0 Å². The van der Waals surface area contributed by atoms with Crippen molar-refractivity contribution in [1.29, 1.82) is 0 Å². The number of para-hydroxylation sites is 2. The summed E-state index contributed by atoms with van der Waals surface area (Å²) in [6.45, 7) is 7.49. The van der Waals surface area contributed by atoms with Gasteiger partial charge in [0.1, 0.15) is 6.61 Å². The Labute approximate surface area is 132 Å². The van der Waals surface area contributed by atoms with Gasteiger partial charge in [-0.2, -0.15) is 0 Å². The van der Waals surface area contributed by atoms with Crippen LogP contribution in [-0.2, 0) is 4.79 Å². The van der Waals surface area contributed by atoms with Gasteiger partial charge in [-0.05, 0) is 25.5 Å². The molecule has 0 saturated carbocycles. The highest BCUT2D eigenvalue weighted by Gasteiger charge is 2.28. The van der Waals surface area contributed by atoms with Crippen LogP contribution in [0.15, 0.2) is 24.3 Å². The van der Waals surface area contributed by atoms with Crippen molar-refractivity contribution in [3.8, 4) is 11.5 Å². The van der Waals surface area contributed by atoms with Crippen LogP contribution in [0.1, 0.15) is 27.2 Å². The molecule has 1 heterocycles. The Balaban J connectivity index is 2.01. The minimum absolute atomic E-state index is 0.0827. The van der Waals surface area contributed by atoms with Gasteiger partial charge in [0, 0.05) is 12.6 Å². The average molecular weight is 306 g/mol. The summed E-state index contributed by atoms with van der Waals surface area (Å²) in [6.07, 6.45) is 0.757. The first-order valence-corrected chi connectivity index (χ1v) is 7.95. The van der Waals surface area contributed by atoms with Crippen molar-refractivity contribution in [3.05, 3.63) is 24.3 Å². The second-order valence-corrected chi connectivity index (χ2v) is 5.93. The molecule has 122 valence electrons. The molecule has 1 amide bonds. The van der Waals surface area contributed by atoms with E-state index in [4.69, 9.17) is 15.2 Å². The molecule has 0 radical (unpaired) electrons. The van der Waals surface area contributed by atoms with Crippen LogP contribution in [0.5, 0.6) is 11.5 Å². The van der Waals surface area contributed by atoms with E-state index in [0.29, 0.717) is 19.7 Å². The topological polar surface area (TPSA) is 64.8 Å². The van der Waals surface area contributed by atoms with Crippen LogP contribution in [0.2, 0.25) is 0 Å². The number of hydrogen-bond donors (Lipinski definition) is 1. The van der Waals surface area contributed by atoms with Gasteiger partial charge in [-0.3, -0.25) is 4.79 Å². The van der Waals surface area contributed by atoms with Crippen molar-refractivity contribution in [2.45, 2.75) is 39.3 Å². The highest BCUT2D eigenvalue weighted by molar-refractivity contribution is 5.79. The molecule has 1 aromatic rings. The van der Waals surface area contributed by atoms with Gasteiger partial charge >= 0.3 is 0 Å². The molecule has 0 saturated heterocycles. The first-order valence-electron chi connectivity index (χ1n) is 7.95. The third kappa shape index (κ3) is 3.91. The average Bonchev–Trinajstić information content (AvgIpc) is 2.52. The lowest BCUT2D eigenvalue weighted by Gasteiger charge is -2.33. The van der Waals surface area contributed by atoms with E-state index in [9.17, 15) is 4.79 Å². The summed E-state index contributed by atoms with van der Waals surface area (Å²) < 4.78 is 11.7. The Hall–Kier alpha value is -1.75. The number of rotatable bonds is 6. The third-order valence-corrected chi connectivity index (χ3v) is 3.97. The summed E-state index contributed by atoms with van der Waals surface area (Å²) in [5.74, 6) is 1.39. The van der Waals surface area contributed by atoms with E-state index in [1.54, 1.807) is 0 Å². The summed E-state index contributed by atoms with van der Waals surface area (Å²) in [7, 11) is 0. The normalized spacial score (nSPS) is 19.4. The van der Waals surface area contributed by atoms with E-state index < -0.39 is 0 Å².